The topological polar surface area (TPSA) is 57.3 Å². The Hall–Kier alpha value is -1.88. The number of phenolic OH excluding ortho intramolecular Hbond substituents is 1. The molecule has 1 unspecified atom stereocenters. The molecule has 5 heteroatoms. The van der Waals surface area contributed by atoms with E-state index in [9.17, 15) is 5.11 Å². The average molecular weight is 412 g/mol. The van der Waals surface area contributed by atoms with Gasteiger partial charge in [-0.3, -0.25) is 4.99 Å². The van der Waals surface area contributed by atoms with Crippen LogP contribution in [-0.2, 0) is 10.8 Å². The van der Waals surface area contributed by atoms with Gasteiger partial charge in [-0.1, -0.05) is 54.0 Å². The van der Waals surface area contributed by atoms with E-state index < -0.39 is 0 Å². The van der Waals surface area contributed by atoms with Gasteiger partial charge in [0.1, 0.15) is 17.8 Å². The second-order valence-electron chi connectivity index (χ2n) is 9.85. The third-order valence-corrected chi connectivity index (χ3v) is 6.29. The Morgan fingerprint density at radius 2 is 1.66 bits per heavy atom. The average Bonchev–Trinajstić information content (AvgIpc) is 3.08. The van der Waals surface area contributed by atoms with E-state index in [0.29, 0.717) is 5.75 Å². The van der Waals surface area contributed by atoms with Crippen LogP contribution >= 0.6 is 11.8 Å². The zero-order chi connectivity index (χ0) is 21.2. The van der Waals surface area contributed by atoms with Crippen LogP contribution < -0.4 is 0 Å². The third kappa shape index (κ3) is 5.39. The summed E-state index contributed by atoms with van der Waals surface area (Å²) < 4.78 is 0. The number of nitrogens with zero attached hydrogens (tertiary/aromatic N) is 3. The Kier molecular flexibility index (Phi) is 6.37. The fraction of sp³-hybridized carbons (Fsp3) is 0.542. The van der Waals surface area contributed by atoms with Crippen LogP contribution in [0.2, 0.25) is 0 Å². The van der Waals surface area contributed by atoms with Gasteiger partial charge in [0.15, 0.2) is 5.84 Å². The van der Waals surface area contributed by atoms with Crippen molar-refractivity contribution in [2.24, 2.45) is 15.0 Å². The Bertz CT molecular complexity index is 847. The summed E-state index contributed by atoms with van der Waals surface area (Å²) in [4.78, 5) is 14.3. The van der Waals surface area contributed by atoms with Gasteiger partial charge in [-0.2, -0.15) is 0 Å². The first-order valence-electron chi connectivity index (χ1n) is 10.4. The number of rotatable bonds is 6. The van der Waals surface area contributed by atoms with E-state index in [-0.39, 0.29) is 16.9 Å². The lowest BCUT2D eigenvalue weighted by atomic mass is 9.79. The zero-order valence-corrected chi connectivity index (χ0v) is 19.3. The lowest BCUT2D eigenvalue weighted by Gasteiger charge is -2.28. The van der Waals surface area contributed by atoms with Crippen LogP contribution in [0, 0.1) is 0 Å². The summed E-state index contributed by atoms with van der Waals surface area (Å²) in [5, 5.41) is 10.9. The third-order valence-electron chi connectivity index (χ3n) is 5.23. The molecule has 1 N–H and O–H groups in total. The fourth-order valence-corrected chi connectivity index (χ4v) is 4.52. The molecule has 1 aromatic rings. The van der Waals surface area contributed by atoms with Gasteiger partial charge in [0.05, 0.1) is 6.04 Å². The standard InChI is InChI=1S/C24H33N3OS/c1-23(2,3)18-13-17(14-19(21(18)28)24(4,5)6)29-12-8-7-9-16-10-11-20-22(27-16)26-15-25-20/h10-11,13-16,28H,7-9,12H2,1-6H3. The van der Waals surface area contributed by atoms with Crippen molar-refractivity contribution in [1.82, 2.24) is 0 Å². The van der Waals surface area contributed by atoms with E-state index in [1.165, 1.54) is 4.90 Å². The number of hydrogen-bond acceptors (Lipinski definition) is 5. The molecule has 2 heterocycles. The van der Waals surface area contributed by atoms with Gasteiger partial charge in [-0.15, -0.1) is 11.8 Å². The minimum Gasteiger partial charge on any atom is -0.507 e. The quantitative estimate of drug-likeness (QED) is 0.456. The molecule has 0 radical (unpaired) electrons. The monoisotopic (exact) mass is 411 g/mol. The Balaban J connectivity index is 1.58. The van der Waals surface area contributed by atoms with Crippen molar-refractivity contribution in [3.05, 3.63) is 35.4 Å². The smallest absolute Gasteiger partial charge is 0.175 e. The number of dihydropyridines is 1. The van der Waals surface area contributed by atoms with Crippen LogP contribution in [0.4, 0.5) is 0 Å². The van der Waals surface area contributed by atoms with Crippen molar-refractivity contribution in [2.75, 3.05) is 5.75 Å². The minimum absolute atomic E-state index is 0.0853. The minimum atomic E-state index is -0.0853. The molecule has 0 fully saturated rings. The molecule has 2 aliphatic heterocycles. The molecular formula is C24H33N3OS. The van der Waals surface area contributed by atoms with Crippen LogP contribution in [0.5, 0.6) is 5.75 Å². The molecule has 0 amide bonds. The fourth-order valence-electron chi connectivity index (χ4n) is 3.53. The largest absolute Gasteiger partial charge is 0.507 e. The highest BCUT2D eigenvalue weighted by molar-refractivity contribution is 7.99. The first-order valence-corrected chi connectivity index (χ1v) is 11.4. The molecule has 1 aromatic carbocycles. The van der Waals surface area contributed by atoms with Crippen molar-refractivity contribution in [3.63, 3.8) is 0 Å². The van der Waals surface area contributed by atoms with Gasteiger partial charge < -0.3 is 5.11 Å². The molecule has 0 saturated carbocycles. The summed E-state index contributed by atoms with van der Waals surface area (Å²) >= 11 is 1.88. The summed E-state index contributed by atoms with van der Waals surface area (Å²) in [7, 11) is 0. The maximum atomic E-state index is 10.9. The molecule has 4 nitrogen and oxygen atoms in total. The van der Waals surface area contributed by atoms with E-state index in [4.69, 9.17) is 0 Å². The van der Waals surface area contributed by atoms with Crippen LogP contribution in [0.25, 0.3) is 0 Å². The highest BCUT2D eigenvalue weighted by atomic mass is 32.2. The molecule has 0 spiro atoms. The summed E-state index contributed by atoms with van der Waals surface area (Å²) in [5.41, 5.74) is 2.78. The maximum Gasteiger partial charge on any atom is 0.175 e. The summed E-state index contributed by atoms with van der Waals surface area (Å²) in [5.74, 6) is 2.30. The van der Waals surface area contributed by atoms with Gasteiger partial charge in [0.2, 0.25) is 0 Å². The number of unbranched alkanes of at least 4 members (excludes halogenated alkanes) is 1. The normalized spacial score (nSPS) is 18.6. The molecule has 0 bridgehead atoms. The van der Waals surface area contributed by atoms with Crippen molar-refractivity contribution >= 4 is 29.6 Å². The van der Waals surface area contributed by atoms with E-state index in [0.717, 1.165) is 47.7 Å². The summed E-state index contributed by atoms with van der Waals surface area (Å²) in [6, 6.07) is 4.56. The van der Waals surface area contributed by atoms with E-state index in [2.05, 4.69) is 74.7 Å². The van der Waals surface area contributed by atoms with Gasteiger partial charge in [0.25, 0.3) is 0 Å². The van der Waals surface area contributed by atoms with Gasteiger partial charge in [0, 0.05) is 16.0 Å². The van der Waals surface area contributed by atoms with Crippen molar-refractivity contribution in [3.8, 4) is 5.75 Å². The van der Waals surface area contributed by atoms with Crippen LogP contribution in [-0.4, -0.2) is 34.8 Å². The van der Waals surface area contributed by atoms with Gasteiger partial charge >= 0.3 is 0 Å². The number of thioether (sulfide) groups is 1. The molecule has 3 rings (SSSR count). The van der Waals surface area contributed by atoms with E-state index in [1.807, 2.05) is 17.8 Å². The number of fused-ring (bicyclic) bond motifs is 1. The number of phenols is 1. The highest BCUT2D eigenvalue weighted by Gasteiger charge is 2.26. The first-order chi connectivity index (χ1) is 13.6. The highest BCUT2D eigenvalue weighted by Crippen LogP contribution is 2.41. The number of amidine groups is 1. The molecular weight excluding hydrogens is 378 g/mol. The van der Waals surface area contributed by atoms with Gasteiger partial charge in [-0.25, -0.2) is 9.98 Å². The van der Waals surface area contributed by atoms with Crippen molar-refractivity contribution in [2.45, 2.75) is 82.6 Å². The van der Waals surface area contributed by atoms with Crippen LogP contribution in [0.3, 0.4) is 0 Å². The van der Waals surface area contributed by atoms with Crippen LogP contribution in [0.1, 0.15) is 71.9 Å². The number of hydrogen-bond donors (Lipinski definition) is 1. The summed E-state index contributed by atoms with van der Waals surface area (Å²) in [6.07, 6.45) is 9.06. The number of aromatic hydroxyl groups is 1. The first kappa shape index (κ1) is 21.8. The second kappa shape index (κ2) is 8.47. The predicted octanol–water partition coefficient (Wildman–Crippen LogP) is 6.07. The molecule has 1 atom stereocenters. The van der Waals surface area contributed by atoms with E-state index in [1.54, 1.807) is 6.34 Å². The zero-order valence-electron chi connectivity index (χ0n) is 18.5. The lowest BCUT2D eigenvalue weighted by Crippen LogP contribution is -2.17. The molecule has 29 heavy (non-hydrogen) atoms. The molecule has 2 aliphatic rings. The summed E-state index contributed by atoms with van der Waals surface area (Å²) in [6.45, 7) is 13.0. The second-order valence-corrected chi connectivity index (χ2v) is 11.0. The Morgan fingerprint density at radius 1 is 1.00 bits per heavy atom. The number of aliphatic imine (C=N–C) groups is 3. The van der Waals surface area contributed by atoms with Crippen molar-refractivity contribution < 1.29 is 5.11 Å². The van der Waals surface area contributed by atoms with Crippen LogP contribution in [0.15, 0.2) is 44.2 Å². The SMILES string of the molecule is CC(C)(C)c1cc(SCCCCC2C=CC3=NC=NC3=N2)cc(C(C)(C)C)c1O. The molecule has 0 saturated heterocycles. The van der Waals surface area contributed by atoms with Gasteiger partial charge in [-0.05, 0) is 47.6 Å². The maximum absolute atomic E-state index is 10.9. The number of benzene rings is 1. The predicted molar refractivity (Wildman–Crippen MR) is 126 cm³/mol. The van der Waals surface area contributed by atoms with E-state index >= 15 is 0 Å². The molecule has 0 aromatic heterocycles. The molecule has 156 valence electrons. The molecule has 0 aliphatic carbocycles. The Labute approximate surface area is 179 Å². The lowest BCUT2D eigenvalue weighted by molar-refractivity contribution is 0.422. The van der Waals surface area contributed by atoms with Crippen molar-refractivity contribution in [1.29, 1.82) is 0 Å². The Morgan fingerprint density at radius 3 is 2.28 bits per heavy atom.